The highest BCUT2D eigenvalue weighted by atomic mass is 35.5. The highest BCUT2D eigenvalue weighted by molar-refractivity contribution is 6.38. The first-order valence-electron chi connectivity index (χ1n) is 18.1. The number of halogens is 1. The molecule has 1 spiro atoms. The van der Waals surface area contributed by atoms with Crippen LogP contribution in [0.5, 0.6) is 11.5 Å². The maximum absolute atomic E-state index is 14.6. The minimum Gasteiger partial charge on any atom is -0.496 e. The molecule has 0 unspecified atom stereocenters. The van der Waals surface area contributed by atoms with Gasteiger partial charge in [0.15, 0.2) is 5.60 Å². The number of methoxy groups -OCH3 is 1. The Morgan fingerprint density at radius 2 is 1.78 bits per heavy atom. The zero-order chi connectivity index (χ0) is 37.5. The molecule has 3 N–H and O–H groups in total. The molecule has 4 atom stereocenters. The molecule has 3 aliphatic rings. The van der Waals surface area contributed by atoms with Crippen LogP contribution in [-0.4, -0.2) is 91.1 Å². The van der Waals surface area contributed by atoms with Gasteiger partial charge >= 0.3 is 0 Å². The summed E-state index contributed by atoms with van der Waals surface area (Å²) in [7, 11) is 2.87. The number of hydrogen-bond acceptors (Lipinski definition) is 9. The molecule has 0 radical (unpaired) electrons. The summed E-state index contributed by atoms with van der Waals surface area (Å²) in [5.74, 6) is -1.66. The molecule has 51 heavy (non-hydrogen) atoms. The maximum atomic E-state index is 14.6. The topological polar surface area (TPSA) is 165 Å². The van der Waals surface area contributed by atoms with Crippen LogP contribution in [0.2, 0.25) is 5.02 Å². The predicted molar refractivity (Wildman–Crippen MR) is 193 cm³/mol. The van der Waals surface area contributed by atoms with Gasteiger partial charge in [-0.2, -0.15) is 0 Å². The molecule has 1 saturated heterocycles. The molecule has 0 bridgehead atoms. The number of Topliss-reactive ketones (excluding diaryl/α,β-unsaturated/α-hetero) is 1. The van der Waals surface area contributed by atoms with Gasteiger partial charge < -0.3 is 35.2 Å². The molecule has 1 aromatic carbocycles. The van der Waals surface area contributed by atoms with Crippen LogP contribution in [0.4, 0.5) is 0 Å². The third kappa shape index (κ3) is 9.52. The number of nitrogens with zero attached hydrogens (tertiary/aromatic N) is 2. The Hall–Kier alpha value is -3.87. The van der Waals surface area contributed by atoms with Crippen molar-refractivity contribution in [2.24, 2.45) is 16.5 Å². The van der Waals surface area contributed by atoms with Gasteiger partial charge in [-0.1, -0.05) is 70.1 Å². The Balaban J connectivity index is 1.65. The SMILES string of the molecule is CCC[C@H](NC(=O)[C@@H]1C[C@]2(CC(c3cc(Cl)c(OCC)cc3OC)=NO2)CN1C(=O)[C@@H](NC(=O)CC1CCCCC1)C(C)(C)C)C(=O)C(=O)NC. The van der Waals surface area contributed by atoms with E-state index in [2.05, 4.69) is 21.1 Å². The average molecular weight is 732 g/mol. The van der Waals surface area contributed by atoms with E-state index < -0.39 is 52.6 Å². The Kier molecular flexibility index (Phi) is 13.4. The summed E-state index contributed by atoms with van der Waals surface area (Å²) >= 11 is 6.54. The van der Waals surface area contributed by atoms with E-state index in [0.29, 0.717) is 47.2 Å². The lowest BCUT2D eigenvalue weighted by molar-refractivity contribution is -0.145. The van der Waals surface area contributed by atoms with Crippen LogP contribution in [0, 0.1) is 11.3 Å². The molecule has 1 aliphatic carbocycles. The number of rotatable bonds is 14. The zero-order valence-corrected chi connectivity index (χ0v) is 31.7. The van der Waals surface area contributed by atoms with E-state index in [9.17, 15) is 24.0 Å². The van der Waals surface area contributed by atoms with Crippen LogP contribution in [-0.2, 0) is 28.8 Å². The van der Waals surface area contributed by atoms with Crippen LogP contribution in [0.3, 0.4) is 0 Å². The van der Waals surface area contributed by atoms with Gasteiger partial charge in [0, 0.05) is 37.9 Å². The van der Waals surface area contributed by atoms with Gasteiger partial charge in [-0.25, -0.2) is 0 Å². The molecule has 2 fully saturated rings. The summed E-state index contributed by atoms with van der Waals surface area (Å²) in [6.07, 6.45) is 6.66. The summed E-state index contributed by atoms with van der Waals surface area (Å²) in [5, 5.41) is 12.9. The van der Waals surface area contributed by atoms with Crippen LogP contribution in [0.15, 0.2) is 17.3 Å². The second-order valence-corrected chi connectivity index (χ2v) is 15.4. The van der Waals surface area contributed by atoms with Crippen LogP contribution in [0.25, 0.3) is 0 Å². The number of hydrogen-bond donors (Lipinski definition) is 3. The number of carbonyl (C=O) groups excluding carboxylic acids is 5. The van der Waals surface area contributed by atoms with Crippen molar-refractivity contribution in [3.63, 3.8) is 0 Å². The highest BCUT2D eigenvalue weighted by Crippen LogP contribution is 2.42. The van der Waals surface area contributed by atoms with Gasteiger partial charge in [0.1, 0.15) is 23.6 Å². The Morgan fingerprint density at radius 3 is 2.39 bits per heavy atom. The van der Waals surface area contributed by atoms with Gasteiger partial charge in [-0.05, 0) is 43.6 Å². The first-order valence-corrected chi connectivity index (χ1v) is 18.5. The molecule has 0 aromatic heterocycles. The lowest BCUT2D eigenvalue weighted by Gasteiger charge is -2.36. The fourth-order valence-corrected chi connectivity index (χ4v) is 7.48. The average Bonchev–Trinajstić information content (AvgIpc) is 3.70. The minimum absolute atomic E-state index is 0.0170. The van der Waals surface area contributed by atoms with Crippen LogP contribution < -0.4 is 25.4 Å². The minimum atomic E-state index is -1.11. The van der Waals surface area contributed by atoms with Gasteiger partial charge in [0.25, 0.3) is 5.91 Å². The fraction of sp³-hybridized carbons (Fsp3) is 0.676. The normalized spacial score (nSPS) is 21.7. The van der Waals surface area contributed by atoms with Crippen molar-refractivity contribution in [2.75, 3.05) is 27.3 Å². The number of likely N-dealkylation sites (tertiary alicyclic amines) is 1. The van der Waals surface area contributed by atoms with Gasteiger partial charge in [0.05, 0.1) is 37.0 Å². The van der Waals surface area contributed by atoms with E-state index in [1.165, 1.54) is 25.5 Å². The third-order valence-electron chi connectivity index (χ3n) is 9.97. The van der Waals surface area contributed by atoms with Crippen molar-refractivity contribution in [1.82, 2.24) is 20.9 Å². The van der Waals surface area contributed by atoms with E-state index in [-0.39, 0.29) is 37.6 Å². The lowest BCUT2D eigenvalue weighted by atomic mass is 9.84. The first-order chi connectivity index (χ1) is 24.2. The van der Waals surface area contributed by atoms with Gasteiger partial charge in [-0.15, -0.1) is 0 Å². The van der Waals surface area contributed by atoms with Crippen LogP contribution in [0.1, 0.15) is 104 Å². The third-order valence-corrected chi connectivity index (χ3v) is 10.3. The molecule has 2 heterocycles. The highest BCUT2D eigenvalue weighted by Gasteiger charge is 2.56. The predicted octanol–water partition coefficient (Wildman–Crippen LogP) is 4.31. The smallest absolute Gasteiger partial charge is 0.289 e. The molecule has 14 heteroatoms. The van der Waals surface area contributed by atoms with Crippen molar-refractivity contribution in [3.05, 3.63) is 22.7 Å². The summed E-state index contributed by atoms with van der Waals surface area (Å²) < 4.78 is 11.3. The Morgan fingerprint density at radius 1 is 1.08 bits per heavy atom. The lowest BCUT2D eigenvalue weighted by Crippen LogP contribution is -2.59. The molecule has 4 amide bonds. The van der Waals surface area contributed by atoms with Crippen molar-refractivity contribution in [3.8, 4) is 11.5 Å². The largest absolute Gasteiger partial charge is 0.496 e. The van der Waals surface area contributed by atoms with Crippen molar-refractivity contribution < 1.29 is 38.3 Å². The summed E-state index contributed by atoms with van der Waals surface area (Å²) in [5.41, 5.74) is -0.726. The van der Waals surface area contributed by atoms with Gasteiger partial charge in [-0.3, -0.25) is 24.0 Å². The Bertz CT molecular complexity index is 1500. The first kappa shape index (κ1) is 39.9. The Labute approximate surface area is 305 Å². The quantitative estimate of drug-likeness (QED) is 0.238. The number of oxime groups is 1. The number of ketones is 1. The van der Waals surface area contributed by atoms with Crippen LogP contribution >= 0.6 is 11.6 Å². The number of nitrogens with one attached hydrogen (secondary N) is 3. The second kappa shape index (κ2) is 17.1. The fourth-order valence-electron chi connectivity index (χ4n) is 7.26. The summed E-state index contributed by atoms with van der Waals surface area (Å²) in [6.45, 7) is 9.68. The number of amides is 4. The zero-order valence-electron chi connectivity index (χ0n) is 31.0. The molecule has 282 valence electrons. The monoisotopic (exact) mass is 731 g/mol. The number of benzene rings is 1. The van der Waals surface area contributed by atoms with E-state index in [1.54, 1.807) is 12.1 Å². The molecular formula is C37H54ClN5O8. The van der Waals surface area contributed by atoms with Crippen molar-refractivity contribution in [1.29, 1.82) is 0 Å². The molecule has 2 aliphatic heterocycles. The van der Waals surface area contributed by atoms with E-state index >= 15 is 0 Å². The van der Waals surface area contributed by atoms with E-state index in [4.69, 9.17) is 25.9 Å². The molecule has 1 aromatic rings. The standard InChI is InChI=1S/C37H54ClN5O8/c1-8-13-25(31(45)34(47)39-6)40-33(46)27-20-37(19-26(42-51-37)23-17-24(38)29(50-9-2)18-28(23)49-7)21-43(27)35(48)32(36(3,4)5)41-30(44)16-22-14-11-10-12-15-22/h17-18,22,25,27,32H,8-16,19-21H2,1-7H3,(H,39,47)(H,40,46)(H,41,44)/t25-,27-,32+,37+/m0/s1. The van der Waals surface area contributed by atoms with Crippen molar-refractivity contribution >= 4 is 46.7 Å². The van der Waals surface area contributed by atoms with Gasteiger partial charge in [0.2, 0.25) is 23.5 Å². The number of ether oxygens (including phenoxy) is 2. The summed E-state index contributed by atoms with van der Waals surface area (Å²) in [6, 6.07) is 0.235. The number of likely N-dealkylation sites (N-methyl/N-ethyl adjacent to an activating group) is 1. The number of carbonyl (C=O) groups is 5. The maximum Gasteiger partial charge on any atom is 0.289 e. The molecular weight excluding hydrogens is 678 g/mol. The molecule has 13 nitrogen and oxygen atoms in total. The van der Waals surface area contributed by atoms with E-state index in [1.807, 2.05) is 34.6 Å². The second-order valence-electron chi connectivity index (χ2n) is 15.0. The van der Waals surface area contributed by atoms with Crippen molar-refractivity contribution in [2.45, 2.75) is 123 Å². The summed E-state index contributed by atoms with van der Waals surface area (Å²) in [4.78, 5) is 74.9. The van der Waals surface area contributed by atoms with E-state index in [0.717, 1.165) is 25.7 Å². The molecule has 1 saturated carbocycles. The molecule has 4 rings (SSSR count).